The molecule has 0 aromatic carbocycles. The van der Waals surface area contributed by atoms with Gasteiger partial charge >= 0.3 is 0 Å². The zero-order valence-electron chi connectivity index (χ0n) is 12.2. The molecular formula is C14H25N3O2. The molecule has 5 heteroatoms. The summed E-state index contributed by atoms with van der Waals surface area (Å²) >= 11 is 0. The molecule has 2 N–H and O–H groups in total. The van der Waals surface area contributed by atoms with Gasteiger partial charge in [-0.2, -0.15) is 5.10 Å². The molecule has 1 heterocycles. The Labute approximate surface area is 115 Å². The van der Waals surface area contributed by atoms with Crippen molar-refractivity contribution >= 4 is 0 Å². The summed E-state index contributed by atoms with van der Waals surface area (Å²) in [5, 5.41) is 4.35. The zero-order chi connectivity index (χ0) is 13.9. The predicted octanol–water partition coefficient (Wildman–Crippen LogP) is 2.26. The van der Waals surface area contributed by atoms with Crippen molar-refractivity contribution in [2.75, 3.05) is 13.7 Å². The second-order valence-electron chi connectivity index (χ2n) is 5.10. The first kappa shape index (κ1) is 14.3. The Morgan fingerprint density at radius 3 is 2.63 bits per heavy atom. The van der Waals surface area contributed by atoms with E-state index in [9.17, 15) is 0 Å². The number of nitrogens with two attached hydrogens (primary N) is 1. The SMILES string of the molecule is CCOC1(C(N)c2c(OC)cnn2CC)CCCC1. The van der Waals surface area contributed by atoms with Gasteiger partial charge in [-0.3, -0.25) is 4.68 Å². The molecule has 0 spiro atoms. The van der Waals surface area contributed by atoms with Gasteiger partial charge in [-0.05, 0) is 26.7 Å². The number of rotatable bonds is 6. The third-order valence-electron chi connectivity index (χ3n) is 4.11. The second-order valence-corrected chi connectivity index (χ2v) is 5.10. The third-order valence-corrected chi connectivity index (χ3v) is 4.11. The van der Waals surface area contributed by atoms with Gasteiger partial charge in [0.05, 0.1) is 30.6 Å². The molecule has 1 fully saturated rings. The average molecular weight is 267 g/mol. The molecule has 1 saturated carbocycles. The molecule has 0 amide bonds. The normalized spacial score (nSPS) is 19.6. The number of hydrogen-bond acceptors (Lipinski definition) is 4. The van der Waals surface area contributed by atoms with Crippen molar-refractivity contribution in [3.63, 3.8) is 0 Å². The molecule has 1 aromatic rings. The fourth-order valence-electron chi connectivity index (χ4n) is 3.16. The summed E-state index contributed by atoms with van der Waals surface area (Å²) in [6.45, 7) is 5.57. The fraction of sp³-hybridized carbons (Fsp3) is 0.786. The molecule has 19 heavy (non-hydrogen) atoms. The summed E-state index contributed by atoms with van der Waals surface area (Å²) in [5.74, 6) is 0.764. The number of aryl methyl sites for hydroxylation is 1. The van der Waals surface area contributed by atoms with E-state index in [-0.39, 0.29) is 11.6 Å². The van der Waals surface area contributed by atoms with Crippen LogP contribution in [0.15, 0.2) is 6.20 Å². The van der Waals surface area contributed by atoms with Gasteiger partial charge in [-0.1, -0.05) is 12.8 Å². The molecule has 1 unspecified atom stereocenters. The maximum Gasteiger partial charge on any atom is 0.161 e. The van der Waals surface area contributed by atoms with Gasteiger partial charge in [0, 0.05) is 13.2 Å². The Kier molecular flexibility index (Phi) is 4.47. The van der Waals surface area contributed by atoms with Gasteiger partial charge in [0.1, 0.15) is 0 Å². The Hall–Kier alpha value is -1.07. The highest BCUT2D eigenvalue weighted by Crippen LogP contribution is 2.43. The molecule has 1 aliphatic carbocycles. The van der Waals surface area contributed by atoms with Crippen LogP contribution in [0.2, 0.25) is 0 Å². The van der Waals surface area contributed by atoms with Crippen molar-refractivity contribution in [1.82, 2.24) is 9.78 Å². The van der Waals surface area contributed by atoms with Crippen LogP contribution >= 0.6 is 0 Å². The Morgan fingerprint density at radius 2 is 2.11 bits per heavy atom. The first-order valence-corrected chi connectivity index (χ1v) is 7.17. The van der Waals surface area contributed by atoms with Crippen molar-refractivity contribution in [3.8, 4) is 5.75 Å². The van der Waals surface area contributed by atoms with E-state index < -0.39 is 0 Å². The van der Waals surface area contributed by atoms with E-state index in [4.69, 9.17) is 15.2 Å². The first-order valence-electron chi connectivity index (χ1n) is 7.17. The number of nitrogens with zero attached hydrogens (tertiary/aromatic N) is 2. The Bertz CT molecular complexity index is 389. The van der Waals surface area contributed by atoms with Gasteiger partial charge < -0.3 is 15.2 Å². The molecule has 5 nitrogen and oxygen atoms in total. The molecule has 108 valence electrons. The predicted molar refractivity (Wildman–Crippen MR) is 74.2 cm³/mol. The fourth-order valence-corrected chi connectivity index (χ4v) is 3.16. The van der Waals surface area contributed by atoms with Crippen molar-refractivity contribution in [2.45, 2.75) is 57.7 Å². The molecule has 1 aliphatic rings. The van der Waals surface area contributed by atoms with Crippen molar-refractivity contribution in [2.24, 2.45) is 5.73 Å². The molecule has 0 aliphatic heterocycles. The smallest absolute Gasteiger partial charge is 0.161 e. The van der Waals surface area contributed by atoms with Crippen LogP contribution in [-0.4, -0.2) is 29.1 Å². The van der Waals surface area contributed by atoms with Gasteiger partial charge in [0.2, 0.25) is 0 Å². The number of aromatic nitrogens is 2. The lowest BCUT2D eigenvalue weighted by Crippen LogP contribution is -2.42. The molecule has 1 aromatic heterocycles. The third kappa shape index (κ3) is 2.49. The van der Waals surface area contributed by atoms with E-state index in [0.717, 1.165) is 30.8 Å². The average Bonchev–Trinajstić information content (AvgIpc) is 3.04. The van der Waals surface area contributed by atoms with Gasteiger partial charge in [0.15, 0.2) is 5.75 Å². The molecule has 0 radical (unpaired) electrons. The van der Waals surface area contributed by atoms with E-state index in [1.165, 1.54) is 12.8 Å². The molecule has 0 saturated heterocycles. The lowest BCUT2D eigenvalue weighted by atomic mass is 9.89. The molecule has 0 bridgehead atoms. The lowest BCUT2D eigenvalue weighted by Gasteiger charge is -2.35. The van der Waals surface area contributed by atoms with E-state index in [1.807, 2.05) is 11.6 Å². The zero-order valence-corrected chi connectivity index (χ0v) is 12.2. The van der Waals surface area contributed by atoms with Crippen molar-refractivity contribution < 1.29 is 9.47 Å². The van der Waals surface area contributed by atoms with E-state index >= 15 is 0 Å². The summed E-state index contributed by atoms with van der Waals surface area (Å²) in [6.07, 6.45) is 6.12. The first-order chi connectivity index (χ1) is 9.18. The van der Waals surface area contributed by atoms with E-state index in [1.54, 1.807) is 13.3 Å². The summed E-state index contributed by atoms with van der Waals surface area (Å²) in [5.41, 5.74) is 7.26. The maximum atomic E-state index is 6.55. The lowest BCUT2D eigenvalue weighted by molar-refractivity contribution is -0.0557. The minimum absolute atomic E-state index is 0.188. The number of methoxy groups -OCH3 is 1. The monoisotopic (exact) mass is 267 g/mol. The van der Waals surface area contributed by atoms with Crippen LogP contribution in [0.5, 0.6) is 5.75 Å². The van der Waals surface area contributed by atoms with Gasteiger partial charge in [0.25, 0.3) is 0 Å². The number of ether oxygens (including phenoxy) is 2. The van der Waals surface area contributed by atoms with E-state index in [0.29, 0.717) is 6.61 Å². The molecule has 1 atom stereocenters. The van der Waals surface area contributed by atoms with Crippen LogP contribution in [-0.2, 0) is 11.3 Å². The van der Waals surface area contributed by atoms with Crippen LogP contribution in [0, 0.1) is 0 Å². The number of hydrogen-bond donors (Lipinski definition) is 1. The minimum Gasteiger partial charge on any atom is -0.493 e. The van der Waals surface area contributed by atoms with E-state index in [2.05, 4.69) is 12.0 Å². The maximum absolute atomic E-state index is 6.55. The quantitative estimate of drug-likeness (QED) is 0.858. The highest BCUT2D eigenvalue weighted by molar-refractivity contribution is 5.30. The Balaban J connectivity index is 2.36. The van der Waals surface area contributed by atoms with Crippen LogP contribution in [0.1, 0.15) is 51.3 Å². The summed E-state index contributed by atoms with van der Waals surface area (Å²) in [6, 6.07) is -0.188. The molecular weight excluding hydrogens is 242 g/mol. The van der Waals surface area contributed by atoms with Gasteiger partial charge in [-0.25, -0.2) is 0 Å². The van der Waals surface area contributed by atoms with Crippen LogP contribution in [0.3, 0.4) is 0 Å². The highest BCUT2D eigenvalue weighted by Gasteiger charge is 2.43. The van der Waals surface area contributed by atoms with Crippen molar-refractivity contribution in [3.05, 3.63) is 11.9 Å². The summed E-state index contributed by atoms with van der Waals surface area (Å²) < 4.78 is 13.4. The standard InChI is InChI=1S/C14H25N3O2/c1-4-17-12(11(18-3)10-16-17)13(15)14(19-5-2)8-6-7-9-14/h10,13H,4-9,15H2,1-3H3. The van der Waals surface area contributed by atoms with Gasteiger partial charge in [-0.15, -0.1) is 0 Å². The van der Waals surface area contributed by atoms with Crippen LogP contribution in [0.25, 0.3) is 0 Å². The largest absolute Gasteiger partial charge is 0.493 e. The summed E-state index contributed by atoms with van der Waals surface area (Å²) in [7, 11) is 1.66. The minimum atomic E-state index is -0.255. The molecule has 2 rings (SSSR count). The highest BCUT2D eigenvalue weighted by atomic mass is 16.5. The van der Waals surface area contributed by atoms with Crippen LogP contribution in [0.4, 0.5) is 0 Å². The second kappa shape index (κ2) is 5.92. The Morgan fingerprint density at radius 1 is 1.42 bits per heavy atom. The summed E-state index contributed by atoms with van der Waals surface area (Å²) in [4.78, 5) is 0. The topological polar surface area (TPSA) is 62.3 Å². The van der Waals surface area contributed by atoms with Crippen LogP contribution < -0.4 is 10.5 Å². The van der Waals surface area contributed by atoms with Crippen molar-refractivity contribution in [1.29, 1.82) is 0 Å².